The van der Waals surface area contributed by atoms with Crippen LogP contribution in [-0.2, 0) is 7.05 Å². The fourth-order valence-electron chi connectivity index (χ4n) is 2.41. The van der Waals surface area contributed by atoms with Crippen LogP contribution in [0.4, 0.5) is 16.3 Å². The molecule has 1 aliphatic heterocycles. The number of hydrogen-bond donors (Lipinski definition) is 1. The molecule has 6 heteroatoms. The topological polar surface area (TPSA) is 67.4 Å². The quantitative estimate of drug-likeness (QED) is 0.901. The first kappa shape index (κ1) is 12.5. The lowest BCUT2D eigenvalue weighted by Crippen LogP contribution is -2.29. The van der Waals surface area contributed by atoms with E-state index in [1.54, 1.807) is 21.5 Å². The number of anilines is 2. The smallest absolute Gasteiger partial charge is 0.324 e. The van der Waals surface area contributed by atoms with Crippen LogP contribution in [0, 0.1) is 0 Å². The van der Waals surface area contributed by atoms with Crippen LogP contribution in [0.2, 0.25) is 0 Å². The Kier molecular flexibility index (Phi) is 2.85. The Bertz CT molecular complexity index is 644. The molecule has 1 aromatic heterocycles. The summed E-state index contributed by atoms with van der Waals surface area (Å²) in [7, 11) is 3.61. The highest BCUT2D eigenvalue weighted by atomic mass is 16.2. The van der Waals surface area contributed by atoms with E-state index in [1.807, 2.05) is 37.4 Å². The summed E-state index contributed by atoms with van der Waals surface area (Å²) in [6.45, 7) is 1.42. The van der Waals surface area contributed by atoms with E-state index in [0.29, 0.717) is 12.4 Å². The lowest BCUT2D eigenvalue weighted by molar-refractivity contribution is 0.229. The van der Waals surface area contributed by atoms with Crippen LogP contribution in [0.15, 0.2) is 30.3 Å². The van der Waals surface area contributed by atoms with Crippen molar-refractivity contribution in [3.05, 3.63) is 30.3 Å². The Morgan fingerprint density at radius 1 is 1.20 bits per heavy atom. The van der Waals surface area contributed by atoms with Crippen LogP contribution in [0.3, 0.4) is 0 Å². The second kappa shape index (κ2) is 4.56. The highest BCUT2D eigenvalue weighted by Gasteiger charge is 2.28. The summed E-state index contributed by atoms with van der Waals surface area (Å²) in [5.41, 5.74) is 8.42. The van der Waals surface area contributed by atoms with Gasteiger partial charge < -0.3 is 10.6 Å². The van der Waals surface area contributed by atoms with Gasteiger partial charge in [-0.05, 0) is 6.07 Å². The van der Waals surface area contributed by atoms with Crippen molar-refractivity contribution in [1.29, 1.82) is 0 Å². The third-order valence-corrected chi connectivity index (χ3v) is 3.60. The zero-order chi connectivity index (χ0) is 14.3. The van der Waals surface area contributed by atoms with E-state index in [-0.39, 0.29) is 6.03 Å². The first-order valence-corrected chi connectivity index (χ1v) is 6.49. The maximum Gasteiger partial charge on any atom is 0.324 e. The summed E-state index contributed by atoms with van der Waals surface area (Å²) >= 11 is 0. The van der Waals surface area contributed by atoms with Crippen molar-refractivity contribution in [1.82, 2.24) is 14.7 Å². The number of rotatable bonds is 2. The van der Waals surface area contributed by atoms with Crippen molar-refractivity contribution in [3.63, 3.8) is 0 Å². The van der Waals surface area contributed by atoms with Crippen molar-refractivity contribution < 1.29 is 4.79 Å². The molecule has 104 valence electrons. The number of carbonyl (C=O) groups is 1. The van der Waals surface area contributed by atoms with Crippen LogP contribution < -0.4 is 10.6 Å². The Hall–Kier alpha value is -2.50. The van der Waals surface area contributed by atoms with Gasteiger partial charge in [0.25, 0.3) is 0 Å². The molecule has 3 rings (SSSR count). The molecule has 1 saturated heterocycles. The molecule has 1 fully saturated rings. The molecule has 0 saturated carbocycles. The van der Waals surface area contributed by atoms with E-state index in [2.05, 4.69) is 5.10 Å². The average Bonchev–Trinajstić information content (AvgIpc) is 2.95. The molecule has 2 aromatic rings. The fraction of sp³-hybridized carbons (Fsp3) is 0.286. The zero-order valence-electron chi connectivity index (χ0n) is 11.6. The average molecular weight is 271 g/mol. The van der Waals surface area contributed by atoms with Crippen LogP contribution in [0.25, 0.3) is 11.3 Å². The molecule has 0 bridgehead atoms. The molecule has 0 aliphatic carbocycles. The Morgan fingerprint density at radius 3 is 2.55 bits per heavy atom. The number of nitrogens with two attached hydrogens (primary N) is 1. The van der Waals surface area contributed by atoms with Gasteiger partial charge in [-0.1, -0.05) is 18.2 Å². The number of aromatic nitrogens is 2. The van der Waals surface area contributed by atoms with Gasteiger partial charge in [0.15, 0.2) is 0 Å². The number of amides is 2. The number of para-hydroxylation sites is 1. The van der Waals surface area contributed by atoms with E-state index in [1.165, 1.54) is 0 Å². The third kappa shape index (κ3) is 1.89. The largest absolute Gasteiger partial charge is 0.384 e. The summed E-state index contributed by atoms with van der Waals surface area (Å²) in [5, 5.41) is 4.40. The van der Waals surface area contributed by atoms with Gasteiger partial charge in [0, 0.05) is 38.8 Å². The van der Waals surface area contributed by atoms with Gasteiger partial charge >= 0.3 is 6.03 Å². The molecule has 1 aromatic carbocycles. The highest BCUT2D eigenvalue weighted by molar-refractivity contribution is 5.98. The predicted molar refractivity (Wildman–Crippen MR) is 78.4 cm³/mol. The van der Waals surface area contributed by atoms with Crippen molar-refractivity contribution in [2.45, 2.75) is 0 Å². The van der Waals surface area contributed by atoms with Gasteiger partial charge in [-0.2, -0.15) is 5.10 Å². The molecule has 1 aliphatic rings. The molecule has 0 spiro atoms. The monoisotopic (exact) mass is 271 g/mol. The first-order valence-electron chi connectivity index (χ1n) is 6.49. The maximum atomic E-state index is 12.2. The van der Waals surface area contributed by atoms with Gasteiger partial charge in [-0.25, -0.2) is 4.79 Å². The maximum absolute atomic E-state index is 12.2. The minimum Gasteiger partial charge on any atom is -0.384 e. The molecule has 0 unspecified atom stereocenters. The third-order valence-electron chi connectivity index (χ3n) is 3.60. The second-order valence-corrected chi connectivity index (χ2v) is 4.95. The lowest BCUT2D eigenvalue weighted by atomic mass is 10.1. The summed E-state index contributed by atoms with van der Waals surface area (Å²) in [6.07, 6.45) is 0. The highest BCUT2D eigenvalue weighted by Crippen LogP contribution is 2.32. The van der Waals surface area contributed by atoms with Crippen molar-refractivity contribution in [2.75, 3.05) is 30.8 Å². The molecular weight excluding hydrogens is 254 g/mol. The van der Waals surface area contributed by atoms with E-state index >= 15 is 0 Å². The number of aryl methyl sites for hydroxylation is 1. The minimum absolute atomic E-state index is 0.0151. The summed E-state index contributed by atoms with van der Waals surface area (Å²) in [4.78, 5) is 15.7. The second-order valence-electron chi connectivity index (χ2n) is 4.95. The van der Waals surface area contributed by atoms with E-state index in [4.69, 9.17) is 5.73 Å². The summed E-state index contributed by atoms with van der Waals surface area (Å²) < 4.78 is 1.63. The van der Waals surface area contributed by atoms with Gasteiger partial charge in [0.2, 0.25) is 0 Å². The van der Waals surface area contributed by atoms with Gasteiger partial charge in [-0.3, -0.25) is 9.58 Å². The number of nitrogen functional groups attached to an aromatic ring is 1. The predicted octanol–water partition coefficient (Wildman–Crippen LogP) is 1.54. The minimum atomic E-state index is 0.0151. The van der Waals surface area contributed by atoms with E-state index in [0.717, 1.165) is 23.5 Å². The van der Waals surface area contributed by atoms with Crippen LogP contribution in [-0.4, -0.2) is 40.8 Å². The van der Waals surface area contributed by atoms with Crippen LogP contribution in [0.1, 0.15) is 0 Å². The van der Waals surface area contributed by atoms with Gasteiger partial charge in [0.1, 0.15) is 5.82 Å². The lowest BCUT2D eigenvalue weighted by Gasteiger charge is -2.18. The van der Waals surface area contributed by atoms with E-state index in [9.17, 15) is 4.79 Å². The van der Waals surface area contributed by atoms with Gasteiger partial charge in [0.05, 0.1) is 11.4 Å². The summed E-state index contributed by atoms with van der Waals surface area (Å²) in [5.74, 6) is 0.597. The number of benzene rings is 1. The standard InChI is InChI=1S/C14H17N5O/c1-17-7-8-19(14(17)20)12-6-4-3-5-10(12)11-9-13(15)18(2)16-11/h3-6,9H,7-8,15H2,1-2H3. The molecule has 20 heavy (non-hydrogen) atoms. The summed E-state index contributed by atoms with van der Waals surface area (Å²) in [6, 6.07) is 9.61. The molecule has 0 atom stereocenters. The van der Waals surface area contributed by atoms with Crippen LogP contribution >= 0.6 is 0 Å². The first-order chi connectivity index (χ1) is 9.58. The normalized spacial score (nSPS) is 15.2. The van der Waals surface area contributed by atoms with Crippen molar-refractivity contribution >= 4 is 17.5 Å². The fourth-order valence-corrected chi connectivity index (χ4v) is 2.41. The molecular formula is C14H17N5O. The molecule has 2 amide bonds. The Labute approximate surface area is 117 Å². The molecule has 0 radical (unpaired) electrons. The van der Waals surface area contributed by atoms with E-state index < -0.39 is 0 Å². The van der Waals surface area contributed by atoms with Crippen molar-refractivity contribution in [2.24, 2.45) is 7.05 Å². The van der Waals surface area contributed by atoms with Crippen LogP contribution in [0.5, 0.6) is 0 Å². The Morgan fingerprint density at radius 2 is 1.95 bits per heavy atom. The Balaban J connectivity index is 2.07. The number of hydrogen-bond acceptors (Lipinski definition) is 3. The van der Waals surface area contributed by atoms with Crippen molar-refractivity contribution in [3.8, 4) is 11.3 Å². The number of carbonyl (C=O) groups excluding carboxylic acids is 1. The van der Waals surface area contributed by atoms with Gasteiger partial charge in [-0.15, -0.1) is 0 Å². The molecule has 2 heterocycles. The SMILES string of the molecule is CN1CCN(c2ccccc2-c2cc(N)n(C)n2)C1=O. The zero-order valence-corrected chi connectivity index (χ0v) is 11.6. The number of urea groups is 1. The molecule has 6 nitrogen and oxygen atoms in total. The number of likely N-dealkylation sites (N-methyl/N-ethyl adjacent to an activating group) is 1. The number of nitrogens with zero attached hydrogens (tertiary/aromatic N) is 4. The molecule has 2 N–H and O–H groups in total.